The molecular formula is C19H30N4O. The van der Waals surface area contributed by atoms with Gasteiger partial charge in [-0.1, -0.05) is 13.8 Å². The van der Waals surface area contributed by atoms with Crippen molar-refractivity contribution in [2.75, 3.05) is 38.5 Å². The molecule has 1 saturated heterocycles. The number of nitrogens with one attached hydrogen (secondary N) is 1. The summed E-state index contributed by atoms with van der Waals surface area (Å²) < 4.78 is 0. The largest absolute Gasteiger partial charge is 0.372 e. The van der Waals surface area contributed by atoms with Crippen molar-refractivity contribution >= 4 is 11.7 Å². The molecule has 0 spiro atoms. The fourth-order valence-corrected chi connectivity index (χ4v) is 3.69. The number of hydrogen-bond donors (Lipinski definition) is 1. The molecule has 2 fully saturated rings. The summed E-state index contributed by atoms with van der Waals surface area (Å²) in [5.74, 6) is 2.21. The first-order valence-corrected chi connectivity index (χ1v) is 9.26. The molecule has 24 heavy (non-hydrogen) atoms. The van der Waals surface area contributed by atoms with Crippen LogP contribution in [-0.4, -0.2) is 60.0 Å². The summed E-state index contributed by atoms with van der Waals surface area (Å²) in [6, 6.07) is 4.16. The first kappa shape index (κ1) is 17.2. The molecule has 0 bridgehead atoms. The zero-order valence-electron chi connectivity index (χ0n) is 15.2. The Morgan fingerprint density at radius 2 is 2.17 bits per heavy atom. The van der Waals surface area contributed by atoms with E-state index in [1.165, 1.54) is 19.4 Å². The summed E-state index contributed by atoms with van der Waals surface area (Å²) in [6.07, 6.45) is 5.53. The minimum Gasteiger partial charge on any atom is -0.372 e. The molecule has 1 aromatic rings. The molecule has 3 rings (SSSR count). The summed E-state index contributed by atoms with van der Waals surface area (Å²) >= 11 is 0. The Hall–Kier alpha value is -1.62. The van der Waals surface area contributed by atoms with Gasteiger partial charge in [0, 0.05) is 45.5 Å². The van der Waals surface area contributed by atoms with Gasteiger partial charge >= 0.3 is 0 Å². The van der Waals surface area contributed by atoms with Crippen LogP contribution in [0.15, 0.2) is 18.3 Å². The smallest absolute Gasteiger partial charge is 0.257 e. The van der Waals surface area contributed by atoms with Crippen molar-refractivity contribution in [1.82, 2.24) is 14.8 Å². The van der Waals surface area contributed by atoms with E-state index < -0.39 is 0 Å². The van der Waals surface area contributed by atoms with Gasteiger partial charge in [0.25, 0.3) is 5.91 Å². The SMILES string of the molecule is CNc1ncccc1C(=O)N1CCCN(CC2CC2)C(C(C)C)C1. The molecule has 1 N–H and O–H groups in total. The quantitative estimate of drug-likeness (QED) is 0.902. The van der Waals surface area contributed by atoms with Crippen LogP contribution in [0.5, 0.6) is 0 Å². The summed E-state index contributed by atoms with van der Waals surface area (Å²) in [4.78, 5) is 22.0. The number of pyridine rings is 1. The Morgan fingerprint density at radius 3 is 2.83 bits per heavy atom. The van der Waals surface area contributed by atoms with Crippen LogP contribution < -0.4 is 5.32 Å². The first-order chi connectivity index (χ1) is 11.6. The van der Waals surface area contributed by atoms with Gasteiger partial charge in [0.05, 0.1) is 5.56 Å². The van der Waals surface area contributed by atoms with Crippen molar-refractivity contribution in [3.8, 4) is 0 Å². The highest BCUT2D eigenvalue weighted by Gasteiger charge is 2.33. The lowest BCUT2D eigenvalue weighted by molar-refractivity contribution is 0.0705. The Kier molecular flexibility index (Phi) is 5.39. The van der Waals surface area contributed by atoms with E-state index in [1.54, 1.807) is 6.20 Å². The molecule has 1 amide bonds. The van der Waals surface area contributed by atoms with E-state index >= 15 is 0 Å². The second-order valence-electron chi connectivity index (χ2n) is 7.50. The maximum absolute atomic E-state index is 13.1. The highest BCUT2D eigenvalue weighted by molar-refractivity contribution is 5.98. The number of amides is 1. The minimum absolute atomic E-state index is 0.103. The maximum atomic E-state index is 13.1. The van der Waals surface area contributed by atoms with Crippen molar-refractivity contribution < 1.29 is 4.79 Å². The summed E-state index contributed by atoms with van der Waals surface area (Å²) in [5.41, 5.74) is 0.679. The fourth-order valence-electron chi connectivity index (χ4n) is 3.69. The lowest BCUT2D eigenvalue weighted by Gasteiger charge is -2.34. The molecule has 1 unspecified atom stereocenters. The molecule has 1 aliphatic carbocycles. The molecule has 1 saturated carbocycles. The van der Waals surface area contributed by atoms with Crippen LogP contribution in [0.1, 0.15) is 43.5 Å². The van der Waals surface area contributed by atoms with Crippen LogP contribution in [0.4, 0.5) is 5.82 Å². The van der Waals surface area contributed by atoms with Crippen molar-refractivity contribution in [1.29, 1.82) is 0 Å². The van der Waals surface area contributed by atoms with E-state index in [-0.39, 0.29) is 5.91 Å². The minimum atomic E-state index is 0.103. The second-order valence-corrected chi connectivity index (χ2v) is 7.50. The van der Waals surface area contributed by atoms with E-state index in [2.05, 4.69) is 29.0 Å². The molecule has 2 heterocycles. The van der Waals surface area contributed by atoms with E-state index in [1.807, 2.05) is 24.1 Å². The van der Waals surface area contributed by atoms with Crippen molar-refractivity contribution in [3.05, 3.63) is 23.9 Å². The monoisotopic (exact) mass is 330 g/mol. The highest BCUT2D eigenvalue weighted by atomic mass is 16.2. The Morgan fingerprint density at radius 1 is 1.38 bits per heavy atom. The van der Waals surface area contributed by atoms with Gasteiger partial charge < -0.3 is 10.2 Å². The third-order valence-corrected chi connectivity index (χ3v) is 5.27. The van der Waals surface area contributed by atoms with E-state index in [0.29, 0.717) is 23.3 Å². The van der Waals surface area contributed by atoms with E-state index in [0.717, 1.165) is 32.0 Å². The van der Waals surface area contributed by atoms with Crippen molar-refractivity contribution in [3.63, 3.8) is 0 Å². The number of hydrogen-bond acceptors (Lipinski definition) is 4. The molecule has 0 radical (unpaired) electrons. The molecule has 1 aromatic heterocycles. The van der Waals surface area contributed by atoms with Gasteiger partial charge in [-0.25, -0.2) is 4.98 Å². The summed E-state index contributed by atoms with van der Waals surface area (Å²) in [6.45, 7) is 8.53. The van der Waals surface area contributed by atoms with E-state index in [4.69, 9.17) is 0 Å². The zero-order valence-corrected chi connectivity index (χ0v) is 15.2. The predicted octanol–water partition coefficient (Wildman–Crippen LogP) is 2.71. The third kappa shape index (κ3) is 3.89. The lowest BCUT2D eigenvalue weighted by atomic mass is 10.0. The highest BCUT2D eigenvalue weighted by Crippen LogP contribution is 2.32. The average molecular weight is 330 g/mol. The normalized spacial score (nSPS) is 22.5. The van der Waals surface area contributed by atoms with Crippen LogP contribution in [0.3, 0.4) is 0 Å². The number of anilines is 1. The number of aromatic nitrogens is 1. The van der Waals surface area contributed by atoms with Crippen LogP contribution in [-0.2, 0) is 0 Å². The summed E-state index contributed by atoms with van der Waals surface area (Å²) in [7, 11) is 1.82. The van der Waals surface area contributed by atoms with Gasteiger partial charge in [-0.05, 0) is 43.2 Å². The molecule has 0 aromatic carbocycles. The standard InChI is InChI=1S/C19H30N4O/c1-14(2)17-13-23(11-5-10-22(17)12-15-7-8-15)19(24)16-6-4-9-21-18(16)20-3/h4,6,9,14-15,17H,5,7-8,10-13H2,1-3H3,(H,20,21). The van der Waals surface area contributed by atoms with Gasteiger partial charge in [-0.2, -0.15) is 0 Å². The van der Waals surface area contributed by atoms with Crippen LogP contribution in [0, 0.1) is 11.8 Å². The van der Waals surface area contributed by atoms with Crippen LogP contribution in [0.25, 0.3) is 0 Å². The molecule has 2 aliphatic rings. The maximum Gasteiger partial charge on any atom is 0.257 e. The summed E-state index contributed by atoms with van der Waals surface area (Å²) in [5, 5.41) is 3.04. The van der Waals surface area contributed by atoms with Gasteiger partial charge in [0.15, 0.2) is 0 Å². The average Bonchev–Trinajstić information content (AvgIpc) is 3.41. The number of rotatable bonds is 5. The topological polar surface area (TPSA) is 48.5 Å². The van der Waals surface area contributed by atoms with Gasteiger partial charge in [0.1, 0.15) is 5.82 Å². The molecule has 132 valence electrons. The fraction of sp³-hybridized carbons (Fsp3) is 0.684. The zero-order chi connectivity index (χ0) is 17.1. The molecule has 5 heteroatoms. The Labute approximate surface area is 145 Å². The van der Waals surface area contributed by atoms with E-state index in [9.17, 15) is 4.79 Å². The molecular weight excluding hydrogens is 300 g/mol. The number of carbonyl (C=O) groups excluding carboxylic acids is 1. The van der Waals surface area contributed by atoms with Crippen molar-refractivity contribution in [2.45, 2.75) is 39.2 Å². The second kappa shape index (κ2) is 7.51. The van der Waals surface area contributed by atoms with Gasteiger partial charge in [-0.3, -0.25) is 9.69 Å². The predicted molar refractivity (Wildman–Crippen MR) is 97.2 cm³/mol. The number of nitrogens with zero attached hydrogens (tertiary/aromatic N) is 3. The van der Waals surface area contributed by atoms with Crippen LogP contribution >= 0.6 is 0 Å². The van der Waals surface area contributed by atoms with Gasteiger partial charge in [-0.15, -0.1) is 0 Å². The van der Waals surface area contributed by atoms with Crippen LogP contribution in [0.2, 0.25) is 0 Å². The Bertz CT molecular complexity index is 570. The molecule has 5 nitrogen and oxygen atoms in total. The van der Waals surface area contributed by atoms with Crippen molar-refractivity contribution in [2.24, 2.45) is 11.8 Å². The first-order valence-electron chi connectivity index (χ1n) is 9.26. The molecule has 1 atom stereocenters. The Balaban J connectivity index is 1.76. The third-order valence-electron chi connectivity index (χ3n) is 5.27. The number of carbonyl (C=O) groups is 1. The van der Waals surface area contributed by atoms with Gasteiger partial charge in [0.2, 0.25) is 0 Å². The lowest BCUT2D eigenvalue weighted by Crippen LogP contribution is -2.46. The molecule has 1 aliphatic heterocycles.